The van der Waals surface area contributed by atoms with Crippen LogP contribution in [0.5, 0.6) is 11.5 Å². The molecule has 0 radical (unpaired) electrons. The average Bonchev–Trinajstić information content (AvgIpc) is 2.56. The van der Waals surface area contributed by atoms with Crippen LogP contribution in [-0.2, 0) is 16.6 Å². The molecule has 2 aliphatic rings. The highest BCUT2D eigenvalue weighted by Gasteiger charge is 2.50. The van der Waals surface area contributed by atoms with Crippen molar-refractivity contribution in [2.75, 3.05) is 14.2 Å². The number of carbonyl (C=O) groups excluding carboxylic acids is 1. The Labute approximate surface area is 145 Å². The molecule has 0 spiro atoms. The summed E-state index contributed by atoms with van der Waals surface area (Å²) in [6.45, 7) is 8.83. The first-order chi connectivity index (χ1) is 11.3. The maximum atomic E-state index is 12.3. The van der Waals surface area contributed by atoms with Gasteiger partial charge < -0.3 is 9.47 Å². The summed E-state index contributed by atoms with van der Waals surface area (Å²) >= 11 is 0. The normalized spacial score (nSPS) is 29.2. The van der Waals surface area contributed by atoms with Crippen molar-refractivity contribution >= 4 is 5.78 Å². The van der Waals surface area contributed by atoms with E-state index in [4.69, 9.17) is 9.47 Å². The van der Waals surface area contributed by atoms with Gasteiger partial charge in [-0.2, -0.15) is 0 Å². The molecular weight excluding hydrogens is 300 g/mol. The van der Waals surface area contributed by atoms with Crippen molar-refractivity contribution < 1.29 is 14.3 Å². The zero-order valence-corrected chi connectivity index (χ0v) is 15.9. The van der Waals surface area contributed by atoms with E-state index in [0.717, 1.165) is 30.8 Å². The minimum atomic E-state index is -0.00492. The van der Waals surface area contributed by atoms with Crippen LogP contribution >= 0.6 is 0 Å². The standard InChI is InChI=1S/C21H30O3/c1-12(2)15-11-18(23-5)19-14(20(15)24-6)7-8-16-13(3)17(22)9-10-21(16,19)4/h11-13,16H,7-10H2,1-6H3/t13-,16-,21-/m0/s1. The maximum absolute atomic E-state index is 12.3. The number of rotatable bonds is 3. The lowest BCUT2D eigenvalue weighted by Crippen LogP contribution is -2.47. The summed E-state index contributed by atoms with van der Waals surface area (Å²) in [4.78, 5) is 12.3. The van der Waals surface area contributed by atoms with Crippen LogP contribution in [0.3, 0.4) is 0 Å². The third-order valence-electron chi connectivity index (χ3n) is 6.51. The Hall–Kier alpha value is -1.51. The van der Waals surface area contributed by atoms with Gasteiger partial charge in [-0.05, 0) is 37.2 Å². The van der Waals surface area contributed by atoms with Crippen LogP contribution in [0.15, 0.2) is 6.07 Å². The lowest BCUT2D eigenvalue weighted by molar-refractivity contribution is -0.128. The highest BCUT2D eigenvalue weighted by Crippen LogP contribution is 2.56. The molecule has 132 valence electrons. The first kappa shape index (κ1) is 17.3. The molecule has 0 aliphatic heterocycles. The summed E-state index contributed by atoms with van der Waals surface area (Å²) in [6, 6.07) is 2.16. The Kier molecular flexibility index (Phi) is 4.39. The van der Waals surface area contributed by atoms with E-state index >= 15 is 0 Å². The fourth-order valence-corrected chi connectivity index (χ4v) is 5.16. The van der Waals surface area contributed by atoms with Crippen LogP contribution in [0, 0.1) is 11.8 Å². The van der Waals surface area contributed by atoms with Gasteiger partial charge in [-0.1, -0.05) is 27.7 Å². The molecule has 0 bridgehead atoms. The minimum Gasteiger partial charge on any atom is -0.496 e. The second-order valence-corrected chi connectivity index (χ2v) is 8.03. The van der Waals surface area contributed by atoms with E-state index in [-0.39, 0.29) is 11.3 Å². The van der Waals surface area contributed by atoms with E-state index in [2.05, 4.69) is 33.8 Å². The summed E-state index contributed by atoms with van der Waals surface area (Å²) in [6.07, 6.45) is 3.60. The molecule has 1 fully saturated rings. The molecule has 3 heteroatoms. The Bertz CT molecular complexity index is 662. The average molecular weight is 330 g/mol. The van der Waals surface area contributed by atoms with E-state index in [0.29, 0.717) is 24.0 Å². The van der Waals surface area contributed by atoms with E-state index in [9.17, 15) is 4.79 Å². The highest BCUT2D eigenvalue weighted by molar-refractivity contribution is 5.83. The van der Waals surface area contributed by atoms with Gasteiger partial charge in [0, 0.05) is 34.4 Å². The summed E-state index contributed by atoms with van der Waals surface area (Å²) in [5, 5.41) is 0. The number of fused-ring (bicyclic) bond motifs is 3. The number of Topliss-reactive ketones (excluding diaryl/α,β-unsaturated/α-hetero) is 1. The molecule has 1 aromatic rings. The predicted octanol–water partition coefficient (Wildman–Crippen LogP) is 4.65. The molecule has 3 rings (SSSR count). The lowest BCUT2D eigenvalue weighted by Gasteiger charge is -2.49. The van der Waals surface area contributed by atoms with Gasteiger partial charge >= 0.3 is 0 Å². The Morgan fingerprint density at radius 3 is 2.50 bits per heavy atom. The Morgan fingerprint density at radius 1 is 1.21 bits per heavy atom. The molecule has 1 aromatic carbocycles. The molecule has 0 saturated heterocycles. The quantitative estimate of drug-likeness (QED) is 0.809. The first-order valence-electron chi connectivity index (χ1n) is 9.16. The number of hydrogen-bond acceptors (Lipinski definition) is 3. The molecule has 3 atom stereocenters. The van der Waals surface area contributed by atoms with Gasteiger partial charge in [-0.25, -0.2) is 0 Å². The second kappa shape index (κ2) is 6.09. The van der Waals surface area contributed by atoms with Gasteiger partial charge in [0.05, 0.1) is 14.2 Å². The smallest absolute Gasteiger partial charge is 0.136 e. The lowest BCUT2D eigenvalue weighted by atomic mass is 9.54. The number of carbonyl (C=O) groups is 1. The second-order valence-electron chi connectivity index (χ2n) is 8.03. The minimum absolute atomic E-state index is 0.00492. The fourth-order valence-electron chi connectivity index (χ4n) is 5.16. The molecule has 0 heterocycles. The van der Waals surface area contributed by atoms with E-state index in [1.165, 1.54) is 16.7 Å². The number of hydrogen-bond donors (Lipinski definition) is 0. The third-order valence-corrected chi connectivity index (χ3v) is 6.51. The van der Waals surface area contributed by atoms with Crippen LogP contribution in [0.2, 0.25) is 0 Å². The first-order valence-corrected chi connectivity index (χ1v) is 9.16. The third kappa shape index (κ3) is 2.35. The van der Waals surface area contributed by atoms with Crippen molar-refractivity contribution in [3.8, 4) is 11.5 Å². The van der Waals surface area contributed by atoms with Gasteiger partial charge in [0.25, 0.3) is 0 Å². The van der Waals surface area contributed by atoms with Gasteiger partial charge in [0.1, 0.15) is 17.3 Å². The van der Waals surface area contributed by atoms with Crippen molar-refractivity contribution in [1.29, 1.82) is 0 Å². The van der Waals surface area contributed by atoms with Crippen molar-refractivity contribution in [1.82, 2.24) is 0 Å². The molecular formula is C21H30O3. The molecule has 0 unspecified atom stereocenters. The highest BCUT2D eigenvalue weighted by atomic mass is 16.5. The largest absolute Gasteiger partial charge is 0.496 e. The number of ketones is 1. The monoisotopic (exact) mass is 330 g/mol. The van der Waals surface area contributed by atoms with E-state index in [1.54, 1.807) is 14.2 Å². The molecule has 0 amide bonds. The molecule has 0 N–H and O–H groups in total. The SMILES string of the molecule is COc1cc(C(C)C)c(OC)c2c1[C@@]1(C)CCC(=O)[C@@H](C)[C@@H]1CC2. The summed E-state index contributed by atoms with van der Waals surface area (Å²) in [7, 11) is 3.53. The number of ether oxygens (including phenoxy) is 2. The number of methoxy groups -OCH3 is 2. The van der Waals surface area contributed by atoms with Crippen LogP contribution in [0.4, 0.5) is 0 Å². The topological polar surface area (TPSA) is 35.5 Å². The predicted molar refractivity (Wildman–Crippen MR) is 96.2 cm³/mol. The van der Waals surface area contributed by atoms with Crippen molar-refractivity contribution in [2.24, 2.45) is 11.8 Å². The van der Waals surface area contributed by atoms with Crippen molar-refractivity contribution in [3.05, 3.63) is 22.8 Å². The molecule has 1 saturated carbocycles. The molecule has 3 nitrogen and oxygen atoms in total. The summed E-state index contributed by atoms with van der Waals surface area (Å²) < 4.78 is 11.7. The fraction of sp³-hybridized carbons (Fsp3) is 0.667. The van der Waals surface area contributed by atoms with Crippen molar-refractivity contribution in [3.63, 3.8) is 0 Å². The maximum Gasteiger partial charge on any atom is 0.136 e. The Balaban J connectivity index is 2.25. The van der Waals surface area contributed by atoms with Crippen LogP contribution in [0.1, 0.15) is 69.6 Å². The molecule has 2 aliphatic carbocycles. The van der Waals surface area contributed by atoms with Crippen LogP contribution in [-0.4, -0.2) is 20.0 Å². The zero-order chi connectivity index (χ0) is 17.6. The zero-order valence-electron chi connectivity index (χ0n) is 15.9. The van der Waals surface area contributed by atoms with Gasteiger partial charge in [-0.15, -0.1) is 0 Å². The van der Waals surface area contributed by atoms with Gasteiger partial charge in [-0.3, -0.25) is 4.79 Å². The van der Waals surface area contributed by atoms with E-state index in [1.807, 2.05) is 0 Å². The van der Waals surface area contributed by atoms with Crippen molar-refractivity contribution in [2.45, 2.75) is 64.7 Å². The van der Waals surface area contributed by atoms with Crippen LogP contribution in [0.25, 0.3) is 0 Å². The molecule has 0 aromatic heterocycles. The van der Waals surface area contributed by atoms with Gasteiger partial charge in [0.2, 0.25) is 0 Å². The summed E-state index contributed by atoms with van der Waals surface area (Å²) in [5.41, 5.74) is 3.81. The van der Waals surface area contributed by atoms with Crippen LogP contribution < -0.4 is 9.47 Å². The number of benzene rings is 1. The van der Waals surface area contributed by atoms with E-state index < -0.39 is 0 Å². The summed E-state index contributed by atoms with van der Waals surface area (Å²) in [5.74, 6) is 3.35. The Morgan fingerprint density at radius 2 is 1.92 bits per heavy atom. The molecule has 24 heavy (non-hydrogen) atoms. The van der Waals surface area contributed by atoms with Gasteiger partial charge in [0.15, 0.2) is 0 Å².